The minimum absolute atomic E-state index is 0.0905. The van der Waals surface area contributed by atoms with Crippen molar-refractivity contribution in [1.29, 1.82) is 5.26 Å². The van der Waals surface area contributed by atoms with E-state index in [0.29, 0.717) is 11.7 Å². The Morgan fingerprint density at radius 2 is 2.32 bits per heavy atom. The van der Waals surface area contributed by atoms with Crippen LogP contribution in [-0.2, 0) is 4.79 Å². The molecular formula is C15H18N2O2. The van der Waals surface area contributed by atoms with Crippen LogP contribution in [0.25, 0.3) is 6.08 Å². The van der Waals surface area contributed by atoms with Gasteiger partial charge in [0.1, 0.15) is 17.4 Å². The smallest absolute Gasteiger partial charge is 0.262 e. The molecule has 2 atom stereocenters. The summed E-state index contributed by atoms with van der Waals surface area (Å²) in [5, 5.41) is 12.0. The zero-order valence-corrected chi connectivity index (χ0v) is 11.1. The molecular weight excluding hydrogens is 240 g/mol. The van der Waals surface area contributed by atoms with Gasteiger partial charge >= 0.3 is 0 Å². The Labute approximate surface area is 113 Å². The molecule has 1 aromatic rings. The maximum absolute atomic E-state index is 12.1. The molecule has 1 fully saturated rings. The molecule has 1 N–H and O–H groups in total. The molecule has 1 heterocycles. The van der Waals surface area contributed by atoms with E-state index in [4.69, 9.17) is 9.68 Å². The number of hydrogen-bond acceptors (Lipinski definition) is 3. The minimum atomic E-state index is -0.308. The summed E-state index contributed by atoms with van der Waals surface area (Å²) >= 11 is 0. The molecule has 1 saturated carbocycles. The van der Waals surface area contributed by atoms with Crippen molar-refractivity contribution in [3.63, 3.8) is 0 Å². The second-order valence-electron chi connectivity index (χ2n) is 5.03. The van der Waals surface area contributed by atoms with E-state index in [0.717, 1.165) is 19.3 Å². The number of amides is 1. The van der Waals surface area contributed by atoms with E-state index in [-0.39, 0.29) is 17.5 Å². The summed E-state index contributed by atoms with van der Waals surface area (Å²) < 4.78 is 5.12. The van der Waals surface area contributed by atoms with Crippen molar-refractivity contribution in [2.24, 2.45) is 5.92 Å². The number of carbonyl (C=O) groups excluding carboxylic acids is 1. The average Bonchev–Trinajstić information content (AvgIpc) is 2.91. The van der Waals surface area contributed by atoms with Gasteiger partial charge in [0.25, 0.3) is 5.91 Å². The fraction of sp³-hybridized carbons (Fsp3) is 0.467. The summed E-state index contributed by atoms with van der Waals surface area (Å²) in [5.74, 6) is 0.683. The molecule has 0 bridgehead atoms. The normalized spacial score (nSPS) is 23.7. The quantitative estimate of drug-likeness (QED) is 0.669. The summed E-state index contributed by atoms with van der Waals surface area (Å²) in [6, 6.07) is 5.55. The standard InChI is InChI=1S/C15H18N2O2/c1-11-5-2-3-7-14(11)17-15(18)12(10-16)9-13-6-4-8-19-13/h4,6,8-9,11,14H,2-3,5,7H2,1H3,(H,17,18)/b12-9+. The molecule has 19 heavy (non-hydrogen) atoms. The Balaban J connectivity index is 2.03. The van der Waals surface area contributed by atoms with Crippen molar-refractivity contribution in [1.82, 2.24) is 5.32 Å². The average molecular weight is 258 g/mol. The first-order chi connectivity index (χ1) is 9.20. The minimum Gasteiger partial charge on any atom is -0.465 e. The number of furan rings is 1. The van der Waals surface area contributed by atoms with Crippen molar-refractivity contribution in [2.45, 2.75) is 38.6 Å². The van der Waals surface area contributed by atoms with Gasteiger partial charge in [-0.25, -0.2) is 0 Å². The van der Waals surface area contributed by atoms with Crippen LogP contribution < -0.4 is 5.32 Å². The lowest BCUT2D eigenvalue weighted by molar-refractivity contribution is -0.118. The van der Waals surface area contributed by atoms with E-state index < -0.39 is 0 Å². The first kappa shape index (κ1) is 13.4. The second-order valence-corrected chi connectivity index (χ2v) is 5.03. The van der Waals surface area contributed by atoms with Gasteiger partial charge in [0.2, 0.25) is 0 Å². The molecule has 0 aromatic carbocycles. The Hall–Kier alpha value is -2.02. The highest BCUT2D eigenvalue weighted by Crippen LogP contribution is 2.24. The van der Waals surface area contributed by atoms with Crippen LogP contribution in [0.2, 0.25) is 0 Å². The van der Waals surface area contributed by atoms with E-state index in [9.17, 15) is 4.79 Å². The highest BCUT2D eigenvalue weighted by molar-refractivity contribution is 6.01. The number of carbonyl (C=O) groups is 1. The molecule has 2 unspecified atom stereocenters. The van der Waals surface area contributed by atoms with Crippen LogP contribution in [0.4, 0.5) is 0 Å². The van der Waals surface area contributed by atoms with Crippen LogP contribution in [0.15, 0.2) is 28.4 Å². The van der Waals surface area contributed by atoms with Crippen LogP contribution in [0.5, 0.6) is 0 Å². The van der Waals surface area contributed by atoms with Crippen molar-refractivity contribution in [3.8, 4) is 6.07 Å². The van der Waals surface area contributed by atoms with Crippen LogP contribution in [0.1, 0.15) is 38.4 Å². The highest BCUT2D eigenvalue weighted by Gasteiger charge is 2.24. The van der Waals surface area contributed by atoms with Gasteiger partial charge < -0.3 is 9.73 Å². The molecule has 4 heteroatoms. The molecule has 100 valence electrons. The fourth-order valence-corrected chi connectivity index (χ4v) is 2.44. The van der Waals surface area contributed by atoms with E-state index in [2.05, 4.69) is 12.2 Å². The van der Waals surface area contributed by atoms with Crippen molar-refractivity contribution < 1.29 is 9.21 Å². The van der Waals surface area contributed by atoms with Crippen molar-refractivity contribution in [2.75, 3.05) is 0 Å². The molecule has 0 saturated heterocycles. The van der Waals surface area contributed by atoms with E-state index in [1.165, 1.54) is 18.8 Å². The fourth-order valence-electron chi connectivity index (χ4n) is 2.44. The summed E-state index contributed by atoms with van der Waals surface area (Å²) in [4.78, 5) is 12.1. The summed E-state index contributed by atoms with van der Waals surface area (Å²) in [6.45, 7) is 2.15. The maximum atomic E-state index is 12.1. The highest BCUT2D eigenvalue weighted by atomic mass is 16.3. The third-order valence-electron chi connectivity index (χ3n) is 3.62. The van der Waals surface area contributed by atoms with E-state index >= 15 is 0 Å². The predicted molar refractivity (Wildman–Crippen MR) is 71.9 cm³/mol. The van der Waals surface area contributed by atoms with Gasteiger partial charge in [-0.3, -0.25) is 4.79 Å². The van der Waals surface area contributed by atoms with Crippen LogP contribution in [0, 0.1) is 17.2 Å². The molecule has 0 radical (unpaired) electrons. The molecule has 1 aliphatic rings. The third-order valence-corrected chi connectivity index (χ3v) is 3.62. The van der Waals surface area contributed by atoms with Crippen molar-refractivity contribution in [3.05, 3.63) is 29.7 Å². The Morgan fingerprint density at radius 3 is 2.95 bits per heavy atom. The Kier molecular flexibility index (Phi) is 4.40. The molecule has 0 aliphatic heterocycles. The Bertz CT molecular complexity index is 497. The summed E-state index contributed by atoms with van der Waals surface area (Å²) in [6.07, 6.45) is 7.48. The Morgan fingerprint density at radius 1 is 1.53 bits per heavy atom. The van der Waals surface area contributed by atoms with E-state index in [1.807, 2.05) is 6.07 Å². The SMILES string of the molecule is CC1CCCCC1NC(=O)/C(C#N)=C/c1ccco1. The second kappa shape index (κ2) is 6.24. The first-order valence-corrected chi connectivity index (χ1v) is 6.67. The predicted octanol–water partition coefficient (Wildman–Crippen LogP) is 2.88. The number of rotatable bonds is 3. The molecule has 2 rings (SSSR count). The van der Waals surface area contributed by atoms with Crippen molar-refractivity contribution >= 4 is 12.0 Å². The molecule has 1 aliphatic carbocycles. The van der Waals surface area contributed by atoms with Gasteiger partial charge in [-0.05, 0) is 30.9 Å². The largest absolute Gasteiger partial charge is 0.465 e. The van der Waals surface area contributed by atoms with Crippen LogP contribution in [0.3, 0.4) is 0 Å². The number of nitrogens with zero attached hydrogens (tertiary/aromatic N) is 1. The monoisotopic (exact) mass is 258 g/mol. The summed E-state index contributed by atoms with van der Waals surface area (Å²) in [7, 11) is 0. The van der Waals surface area contributed by atoms with Crippen LogP contribution >= 0.6 is 0 Å². The molecule has 1 aromatic heterocycles. The number of hydrogen-bond donors (Lipinski definition) is 1. The number of nitriles is 1. The van der Waals surface area contributed by atoms with Gasteiger partial charge in [-0.1, -0.05) is 19.8 Å². The molecule has 0 spiro atoms. The van der Waals surface area contributed by atoms with E-state index in [1.54, 1.807) is 12.1 Å². The van der Waals surface area contributed by atoms with Gasteiger partial charge in [0.05, 0.1) is 6.26 Å². The lowest BCUT2D eigenvalue weighted by Gasteiger charge is -2.29. The zero-order valence-electron chi connectivity index (χ0n) is 11.1. The molecule has 1 amide bonds. The lowest BCUT2D eigenvalue weighted by atomic mass is 9.86. The summed E-state index contributed by atoms with van der Waals surface area (Å²) in [5.41, 5.74) is 0.0905. The van der Waals surface area contributed by atoms with Gasteiger partial charge in [0, 0.05) is 12.1 Å². The lowest BCUT2D eigenvalue weighted by Crippen LogP contribution is -2.41. The zero-order chi connectivity index (χ0) is 13.7. The molecule has 4 nitrogen and oxygen atoms in total. The maximum Gasteiger partial charge on any atom is 0.262 e. The first-order valence-electron chi connectivity index (χ1n) is 6.67. The third kappa shape index (κ3) is 3.47. The van der Waals surface area contributed by atoms with Gasteiger partial charge in [-0.2, -0.15) is 5.26 Å². The van der Waals surface area contributed by atoms with Crippen LogP contribution in [-0.4, -0.2) is 11.9 Å². The topological polar surface area (TPSA) is 66.0 Å². The number of nitrogens with one attached hydrogen (secondary N) is 1. The van der Waals surface area contributed by atoms with Gasteiger partial charge in [-0.15, -0.1) is 0 Å². The van der Waals surface area contributed by atoms with Gasteiger partial charge in [0.15, 0.2) is 0 Å².